The Bertz CT molecular complexity index is 865. The van der Waals surface area contributed by atoms with Crippen LogP contribution in [0.1, 0.15) is 59.4 Å². The maximum absolute atomic E-state index is 13.6. The van der Waals surface area contributed by atoms with Gasteiger partial charge in [-0.15, -0.1) is 0 Å². The van der Waals surface area contributed by atoms with E-state index in [1.54, 1.807) is 12.1 Å². The zero-order chi connectivity index (χ0) is 19.7. The van der Waals surface area contributed by atoms with Gasteiger partial charge in [0.1, 0.15) is 11.7 Å². The molecule has 0 aromatic carbocycles. The first-order valence-electron chi connectivity index (χ1n) is 11.0. The van der Waals surface area contributed by atoms with Gasteiger partial charge in [-0.05, 0) is 75.6 Å². The molecule has 0 spiro atoms. The number of nitrogens with zero attached hydrogens (tertiary/aromatic N) is 4. The Labute approximate surface area is 170 Å². The predicted octanol–water partition coefficient (Wildman–Crippen LogP) is 1.54. The molecule has 29 heavy (non-hydrogen) atoms. The maximum Gasteiger partial charge on any atom is 0.280 e. The van der Waals surface area contributed by atoms with Gasteiger partial charge < -0.3 is 4.90 Å². The molecule has 5 aliphatic heterocycles. The van der Waals surface area contributed by atoms with Gasteiger partial charge in [-0.1, -0.05) is 0 Å². The molecule has 4 saturated heterocycles. The van der Waals surface area contributed by atoms with Crippen molar-refractivity contribution in [2.45, 2.75) is 56.7 Å². The summed E-state index contributed by atoms with van der Waals surface area (Å²) in [6, 6.07) is 3.48. The molecule has 5 aliphatic rings. The summed E-state index contributed by atoms with van der Waals surface area (Å²) in [5.41, 5.74) is 0.502. The standard InChI is InChI=1S/C22H26N4O3/c27-20-15-5-1-9-23-18(15)22(29)26(20)17-8-7-16-14-6-3-11-24-10-2-4-13(19(14)24)12-25(16)21(17)28/h1,5,9,13-14,16-17,19H,2-4,6-8,10-12H2/t13-,14+,16+,17?,19-/m0/s1. The predicted molar refractivity (Wildman–Crippen MR) is 104 cm³/mol. The number of rotatable bonds is 1. The topological polar surface area (TPSA) is 73.8 Å². The molecular formula is C22H26N4O3. The van der Waals surface area contributed by atoms with Crippen LogP contribution in [0.4, 0.5) is 0 Å². The SMILES string of the molecule is O=C1c2cccnc2C(=O)N1C1CC[C@@H]2[C@H]3CCCN4CCC[C@@H](CN2C1=O)[C@@H]34. The van der Waals surface area contributed by atoms with E-state index in [0.717, 1.165) is 13.0 Å². The van der Waals surface area contributed by atoms with Crippen LogP contribution in [-0.4, -0.2) is 75.2 Å². The lowest BCUT2D eigenvalue weighted by Gasteiger charge is -2.59. The van der Waals surface area contributed by atoms with Crippen LogP contribution in [0.2, 0.25) is 0 Å². The average molecular weight is 394 g/mol. The molecule has 152 valence electrons. The van der Waals surface area contributed by atoms with Crippen molar-refractivity contribution in [2.75, 3.05) is 19.6 Å². The van der Waals surface area contributed by atoms with E-state index in [1.165, 1.54) is 49.9 Å². The monoisotopic (exact) mass is 394 g/mol. The van der Waals surface area contributed by atoms with Crippen LogP contribution < -0.4 is 0 Å². The van der Waals surface area contributed by atoms with E-state index in [9.17, 15) is 14.4 Å². The number of aromatic nitrogens is 1. The highest BCUT2D eigenvalue weighted by Crippen LogP contribution is 2.45. The molecule has 6 rings (SSSR count). The minimum absolute atomic E-state index is 0.0306. The van der Waals surface area contributed by atoms with Crippen molar-refractivity contribution in [3.63, 3.8) is 0 Å². The first kappa shape index (κ1) is 17.6. The first-order valence-corrected chi connectivity index (χ1v) is 11.0. The van der Waals surface area contributed by atoms with Crippen LogP contribution in [0, 0.1) is 11.8 Å². The Morgan fingerprint density at radius 2 is 1.79 bits per heavy atom. The molecule has 4 fully saturated rings. The Balaban J connectivity index is 1.29. The fraction of sp³-hybridized carbons (Fsp3) is 0.636. The second-order valence-electron chi connectivity index (χ2n) is 9.27. The van der Waals surface area contributed by atoms with E-state index in [0.29, 0.717) is 29.9 Å². The summed E-state index contributed by atoms with van der Waals surface area (Å²) >= 11 is 0. The molecule has 1 unspecified atom stereocenters. The second kappa shape index (κ2) is 6.36. The Morgan fingerprint density at radius 1 is 0.966 bits per heavy atom. The number of hydrogen-bond acceptors (Lipinski definition) is 5. The summed E-state index contributed by atoms with van der Waals surface area (Å²) in [6.45, 7) is 3.17. The van der Waals surface area contributed by atoms with Crippen LogP contribution in [0.15, 0.2) is 18.3 Å². The molecule has 0 aliphatic carbocycles. The van der Waals surface area contributed by atoms with Gasteiger partial charge in [0.05, 0.1) is 5.56 Å². The van der Waals surface area contributed by atoms with Crippen molar-refractivity contribution >= 4 is 17.7 Å². The van der Waals surface area contributed by atoms with Gasteiger partial charge in [0, 0.05) is 24.8 Å². The van der Waals surface area contributed by atoms with Crippen molar-refractivity contribution in [1.82, 2.24) is 19.7 Å². The minimum atomic E-state index is -0.680. The van der Waals surface area contributed by atoms with Gasteiger partial charge in [0.25, 0.3) is 11.8 Å². The van der Waals surface area contributed by atoms with E-state index in [1.807, 2.05) is 4.90 Å². The summed E-state index contributed by atoms with van der Waals surface area (Å²) in [4.78, 5) is 49.4. The van der Waals surface area contributed by atoms with Crippen molar-refractivity contribution in [1.29, 1.82) is 0 Å². The van der Waals surface area contributed by atoms with Crippen LogP contribution in [0.3, 0.4) is 0 Å². The zero-order valence-electron chi connectivity index (χ0n) is 16.5. The number of carbonyl (C=O) groups excluding carboxylic acids is 3. The summed E-state index contributed by atoms with van der Waals surface area (Å²) in [5, 5.41) is 0. The number of piperidine rings is 4. The third-order valence-corrected chi connectivity index (χ3v) is 7.97. The highest BCUT2D eigenvalue weighted by molar-refractivity contribution is 6.22. The van der Waals surface area contributed by atoms with E-state index >= 15 is 0 Å². The van der Waals surface area contributed by atoms with Crippen molar-refractivity contribution in [3.8, 4) is 0 Å². The molecular weight excluding hydrogens is 368 g/mol. The molecule has 0 radical (unpaired) electrons. The molecule has 7 nitrogen and oxygen atoms in total. The summed E-state index contributed by atoms with van der Waals surface area (Å²) in [6.07, 6.45) is 7.74. The lowest BCUT2D eigenvalue weighted by Crippen LogP contribution is -2.69. The third kappa shape index (κ3) is 2.40. The van der Waals surface area contributed by atoms with Crippen molar-refractivity contribution < 1.29 is 14.4 Å². The molecule has 0 N–H and O–H groups in total. The second-order valence-corrected chi connectivity index (χ2v) is 9.27. The van der Waals surface area contributed by atoms with Gasteiger partial charge >= 0.3 is 0 Å². The lowest BCUT2D eigenvalue weighted by molar-refractivity contribution is -0.156. The normalized spacial score (nSPS) is 36.7. The van der Waals surface area contributed by atoms with E-state index in [2.05, 4.69) is 9.88 Å². The van der Waals surface area contributed by atoms with E-state index in [-0.39, 0.29) is 23.6 Å². The van der Waals surface area contributed by atoms with Crippen LogP contribution in [-0.2, 0) is 4.79 Å². The molecule has 1 aromatic rings. The van der Waals surface area contributed by atoms with Gasteiger partial charge in [-0.3, -0.25) is 29.2 Å². The summed E-state index contributed by atoms with van der Waals surface area (Å²) in [7, 11) is 0. The Kier molecular flexibility index (Phi) is 3.85. The minimum Gasteiger partial charge on any atom is -0.337 e. The Morgan fingerprint density at radius 3 is 2.62 bits per heavy atom. The Hall–Kier alpha value is -2.28. The molecule has 7 heteroatoms. The molecule has 6 heterocycles. The van der Waals surface area contributed by atoms with Gasteiger partial charge in [0.15, 0.2) is 0 Å². The molecule has 3 amide bonds. The molecule has 5 atom stereocenters. The first-order chi connectivity index (χ1) is 14.1. The number of imide groups is 1. The smallest absolute Gasteiger partial charge is 0.280 e. The third-order valence-electron chi connectivity index (χ3n) is 7.97. The largest absolute Gasteiger partial charge is 0.337 e. The maximum atomic E-state index is 13.6. The number of amides is 3. The molecule has 0 saturated carbocycles. The van der Waals surface area contributed by atoms with E-state index < -0.39 is 11.9 Å². The quantitative estimate of drug-likeness (QED) is 0.676. The fourth-order valence-electron chi connectivity index (χ4n) is 6.87. The van der Waals surface area contributed by atoms with Gasteiger partial charge in [0.2, 0.25) is 5.91 Å². The zero-order valence-corrected chi connectivity index (χ0v) is 16.5. The molecule has 1 aromatic heterocycles. The van der Waals surface area contributed by atoms with Gasteiger partial charge in [-0.25, -0.2) is 0 Å². The van der Waals surface area contributed by atoms with Crippen LogP contribution in [0.5, 0.6) is 0 Å². The fourth-order valence-corrected chi connectivity index (χ4v) is 6.87. The van der Waals surface area contributed by atoms with Crippen molar-refractivity contribution in [2.24, 2.45) is 11.8 Å². The lowest BCUT2D eigenvalue weighted by atomic mass is 9.67. The highest BCUT2D eigenvalue weighted by atomic mass is 16.2. The number of carbonyl (C=O) groups is 3. The van der Waals surface area contributed by atoms with Crippen molar-refractivity contribution in [3.05, 3.63) is 29.6 Å². The number of hydrogen-bond donors (Lipinski definition) is 0. The highest BCUT2D eigenvalue weighted by Gasteiger charge is 2.54. The number of pyridine rings is 1. The average Bonchev–Trinajstić information content (AvgIpc) is 3.00. The van der Waals surface area contributed by atoms with Gasteiger partial charge in [-0.2, -0.15) is 0 Å². The summed E-state index contributed by atoms with van der Waals surface area (Å²) < 4.78 is 0. The van der Waals surface area contributed by atoms with Crippen LogP contribution in [0.25, 0.3) is 0 Å². The van der Waals surface area contributed by atoms with Crippen LogP contribution >= 0.6 is 0 Å². The summed E-state index contributed by atoms with van der Waals surface area (Å²) in [5.74, 6) is 0.246. The molecule has 0 bridgehead atoms. The van der Waals surface area contributed by atoms with E-state index in [4.69, 9.17) is 0 Å². The number of fused-ring (bicyclic) bond motifs is 3.